The molecule has 2 amide bonds. The van der Waals surface area contributed by atoms with E-state index in [1.54, 1.807) is 11.8 Å². The van der Waals surface area contributed by atoms with Gasteiger partial charge in [-0.1, -0.05) is 0 Å². The zero-order valence-corrected chi connectivity index (χ0v) is 15.5. The van der Waals surface area contributed by atoms with E-state index in [9.17, 15) is 14.4 Å². The van der Waals surface area contributed by atoms with E-state index >= 15 is 0 Å². The number of rotatable bonds is 9. The van der Waals surface area contributed by atoms with E-state index in [4.69, 9.17) is 9.15 Å². The van der Waals surface area contributed by atoms with Gasteiger partial charge in [0.15, 0.2) is 5.69 Å². The number of nitrogens with zero attached hydrogens (tertiary/aromatic N) is 2. The molecule has 8 nitrogen and oxygen atoms in total. The van der Waals surface area contributed by atoms with E-state index in [2.05, 4.69) is 10.3 Å². The van der Waals surface area contributed by atoms with Crippen molar-refractivity contribution < 1.29 is 23.5 Å². The van der Waals surface area contributed by atoms with Crippen LogP contribution < -0.4 is 5.32 Å². The van der Waals surface area contributed by atoms with Gasteiger partial charge in [-0.3, -0.25) is 14.4 Å². The van der Waals surface area contributed by atoms with Gasteiger partial charge in [-0.15, -0.1) is 0 Å². The summed E-state index contributed by atoms with van der Waals surface area (Å²) >= 11 is 0. The van der Waals surface area contributed by atoms with Crippen LogP contribution in [0.4, 0.5) is 0 Å². The number of amides is 2. The van der Waals surface area contributed by atoms with Crippen molar-refractivity contribution in [2.45, 2.75) is 66.1 Å². The largest absolute Gasteiger partial charge is 0.466 e. The molecule has 0 unspecified atom stereocenters. The van der Waals surface area contributed by atoms with Gasteiger partial charge in [-0.2, -0.15) is 0 Å². The number of carbonyl (C=O) groups is 3. The molecule has 0 atom stereocenters. The molecule has 0 bridgehead atoms. The SMILES string of the molecule is CCOC(=O)CCC(=O)N(Cc1nc(C(=O)NC(C)C)co1)C(C)C. The van der Waals surface area contributed by atoms with Crippen LogP contribution in [0, 0.1) is 0 Å². The van der Waals surface area contributed by atoms with Gasteiger partial charge in [0.25, 0.3) is 5.91 Å². The molecule has 0 spiro atoms. The molecule has 0 aromatic carbocycles. The second kappa shape index (κ2) is 9.80. The second-order valence-electron chi connectivity index (χ2n) is 6.18. The van der Waals surface area contributed by atoms with Crippen LogP contribution in [0.1, 0.15) is 63.8 Å². The van der Waals surface area contributed by atoms with Crippen LogP contribution in [0.3, 0.4) is 0 Å². The molecule has 0 saturated carbocycles. The van der Waals surface area contributed by atoms with E-state index in [1.807, 2.05) is 27.7 Å². The number of hydrogen-bond acceptors (Lipinski definition) is 6. The maximum absolute atomic E-state index is 12.4. The molecule has 0 aliphatic rings. The van der Waals surface area contributed by atoms with Crippen LogP contribution in [0.5, 0.6) is 0 Å². The van der Waals surface area contributed by atoms with Gasteiger partial charge in [-0.05, 0) is 34.6 Å². The molecule has 8 heteroatoms. The highest BCUT2D eigenvalue weighted by Gasteiger charge is 2.22. The maximum atomic E-state index is 12.4. The third kappa shape index (κ3) is 6.94. The van der Waals surface area contributed by atoms with E-state index in [0.29, 0.717) is 6.61 Å². The third-order valence-corrected chi connectivity index (χ3v) is 3.30. The van der Waals surface area contributed by atoms with Crippen LogP contribution in [0.25, 0.3) is 0 Å². The lowest BCUT2D eigenvalue weighted by atomic mass is 10.2. The second-order valence-corrected chi connectivity index (χ2v) is 6.18. The first-order chi connectivity index (χ1) is 11.7. The van der Waals surface area contributed by atoms with Crippen molar-refractivity contribution in [2.75, 3.05) is 6.61 Å². The fourth-order valence-electron chi connectivity index (χ4n) is 2.11. The van der Waals surface area contributed by atoms with Crippen molar-refractivity contribution in [3.05, 3.63) is 17.8 Å². The monoisotopic (exact) mass is 353 g/mol. The molecule has 25 heavy (non-hydrogen) atoms. The van der Waals surface area contributed by atoms with Gasteiger partial charge in [0.2, 0.25) is 11.8 Å². The van der Waals surface area contributed by atoms with Crippen LogP contribution >= 0.6 is 0 Å². The van der Waals surface area contributed by atoms with Gasteiger partial charge in [-0.25, -0.2) is 4.98 Å². The van der Waals surface area contributed by atoms with E-state index in [1.165, 1.54) is 6.26 Å². The fourth-order valence-corrected chi connectivity index (χ4v) is 2.11. The highest BCUT2D eigenvalue weighted by Crippen LogP contribution is 2.12. The van der Waals surface area contributed by atoms with E-state index in [0.717, 1.165) is 0 Å². The van der Waals surface area contributed by atoms with Gasteiger partial charge < -0.3 is 19.4 Å². The minimum absolute atomic E-state index is 0.00994. The molecule has 0 aliphatic carbocycles. The average Bonchev–Trinajstić information content (AvgIpc) is 2.98. The Balaban J connectivity index is 2.69. The van der Waals surface area contributed by atoms with Crippen molar-refractivity contribution in [3.63, 3.8) is 0 Å². The summed E-state index contributed by atoms with van der Waals surface area (Å²) in [6, 6.07) is -0.112. The van der Waals surface area contributed by atoms with Gasteiger partial charge in [0.1, 0.15) is 6.26 Å². The van der Waals surface area contributed by atoms with Crippen molar-refractivity contribution in [1.29, 1.82) is 0 Å². The highest BCUT2D eigenvalue weighted by molar-refractivity contribution is 5.92. The number of esters is 1. The number of nitrogens with one attached hydrogen (secondary N) is 1. The molecule has 0 radical (unpaired) electrons. The minimum Gasteiger partial charge on any atom is -0.466 e. The number of ether oxygens (including phenoxy) is 1. The Morgan fingerprint density at radius 1 is 1.24 bits per heavy atom. The number of aromatic nitrogens is 1. The van der Waals surface area contributed by atoms with Crippen LogP contribution in [-0.2, 0) is 20.9 Å². The molecular formula is C17H27N3O5. The molecule has 0 aliphatic heterocycles. The average molecular weight is 353 g/mol. The number of oxazole rings is 1. The van der Waals surface area contributed by atoms with Crippen LogP contribution in [-0.4, -0.2) is 46.4 Å². The summed E-state index contributed by atoms with van der Waals surface area (Å²) in [7, 11) is 0. The summed E-state index contributed by atoms with van der Waals surface area (Å²) < 4.78 is 10.1. The van der Waals surface area contributed by atoms with Crippen molar-refractivity contribution in [1.82, 2.24) is 15.2 Å². The smallest absolute Gasteiger partial charge is 0.306 e. The zero-order valence-electron chi connectivity index (χ0n) is 15.5. The van der Waals surface area contributed by atoms with Crippen LogP contribution in [0.15, 0.2) is 10.7 Å². The van der Waals surface area contributed by atoms with Gasteiger partial charge in [0, 0.05) is 18.5 Å². The van der Waals surface area contributed by atoms with Gasteiger partial charge in [0.05, 0.1) is 19.6 Å². The Morgan fingerprint density at radius 2 is 1.92 bits per heavy atom. The fraction of sp³-hybridized carbons (Fsp3) is 0.647. The maximum Gasteiger partial charge on any atom is 0.306 e. The van der Waals surface area contributed by atoms with Crippen LogP contribution in [0.2, 0.25) is 0 Å². The number of carbonyl (C=O) groups excluding carboxylic acids is 3. The number of hydrogen-bond donors (Lipinski definition) is 1. The Kier molecular flexibility index (Phi) is 8.10. The lowest BCUT2D eigenvalue weighted by molar-refractivity contribution is -0.146. The first-order valence-corrected chi connectivity index (χ1v) is 8.44. The zero-order chi connectivity index (χ0) is 19.0. The topological polar surface area (TPSA) is 102 Å². The summed E-state index contributed by atoms with van der Waals surface area (Å²) in [6.45, 7) is 9.56. The molecule has 140 valence electrons. The van der Waals surface area contributed by atoms with E-state index < -0.39 is 5.97 Å². The Hall–Kier alpha value is -2.38. The molecule has 1 rings (SSSR count). The highest BCUT2D eigenvalue weighted by atomic mass is 16.5. The van der Waals surface area contributed by atoms with Gasteiger partial charge >= 0.3 is 5.97 Å². The van der Waals surface area contributed by atoms with Crippen molar-refractivity contribution >= 4 is 17.8 Å². The molecule has 1 aromatic heterocycles. The summed E-state index contributed by atoms with van der Waals surface area (Å²) in [4.78, 5) is 41.3. The lowest BCUT2D eigenvalue weighted by Gasteiger charge is -2.25. The molecule has 1 heterocycles. The quantitative estimate of drug-likeness (QED) is 0.680. The van der Waals surface area contributed by atoms with Crippen molar-refractivity contribution in [2.24, 2.45) is 0 Å². The first-order valence-electron chi connectivity index (χ1n) is 8.44. The summed E-state index contributed by atoms with van der Waals surface area (Å²) in [5.41, 5.74) is 0.173. The minimum atomic E-state index is -0.400. The molecule has 0 fully saturated rings. The molecular weight excluding hydrogens is 326 g/mol. The Bertz CT molecular complexity index is 595. The Morgan fingerprint density at radius 3 is 2.48 bits per heavy atom. The third-order valence-electron chi connectivity index (χ3n) is 3.30. The van der Waals surface area contributed by atoms with E-state index in [-0.39, 0.29) is 54.9 Å². The normalized spacial score (nSPS) is 10.8. The predicted molar refractivity (Wildman–Crippen MR) is 90.7 cm³/mol. The standard InChI is InChI=1S/C17H27N3O5/c1-6-24-16(22)8-7-15(21)20(12(4)5)9-14-19-13(10-25-14)17(23)18-11(2)3/h10-12H,6-9H2,1-5H3,(H,18,23). The summed E-state index contributed by atoms with van der Waals surface area (Å²) in [5.74, 6) is -0.653. The molecule has 1 N–H and O–H groups in total. The summed E-state index contributed by atoms with van der Waals surface area (Å²) in [6.07, 6.45) is 1.36. The lowest BCUT2D eigenvalue weighted by Crippen LogP contribution is -2.36. The molecule has 1 aromatic rings. The molecule has 0 saturated heterocycles. The first kappa shape index (κ1) is 20.7. The predicted octanol–water partition coefficient (Wildman–Crippen LogP) is 1.89. The Labute approximate surface area is 147 Å². The van der Waals surface area contributed by atoms with Crippen molar-refractivity contribution in [3.8, 4) is 0 Å². The summed E-state index contributed by atoms with van der Waals surface area (Å²) in [5, 5.41) is 2.72.